The third kappa shape index (κ3) is 5.13. The fourth-order valence-electron chi connectivity index (χ4n) is 2.92. The van der Waals surface area contributed by atoms with Gasteiger partial charge in [-0.3, -0.25) is 4.79 Å². The van der Waals surface area contributed by atoms with Crippen LogP contribution in [-0.2, 0) is 4.79 Å². The molecule has 0 aromatic heterocycles. The summed E-state index contributed by atoms with van der Waals surface area (Å²) in [5.74, 6) is 0.726. The molecule has 1 aromatic rings. The average Bonchev–Trinajstić information content (AvgIpc) is 2.55. The number of hydrogen-bond donors (Lipinski definition) is 1. The molecule has 0 aliphatic carbocycles. The Morgan fingerprint density at radius 2 is 2.00 bits per heavy atom. The predicted octanol–water partition coefficient (Wildman–Crippen LogP) is 2.75. The molecule has 1 saturated heterocycles. The van der Waals surface area contributed by atoms with Crippen LogP contribution < -0.4 is 10.1 Å². The number of carbonyl (C=O) groups excluding carboxylic acids is 1. The molecule has 5 heteroatoms. The van der Waals surface area contributed by atoms with Crippen LogP contribution in [0.2, 0.25) is 0 Å². The van der Waals surface area contributed by atoms with E-state index < -0.39 is 0 Å². The lowest BCUT2D eigenvalue weighted by molar-refractivity contribution is -0.130. The fraction of sp³-hybridized carbons (Fsp3) is 0.632. The molecule has 1 aliphatic rings. The van der Waals surface area contributed by atoms with Crippen molar-refractivity contribution in [1.29, 1.82) is 0 Å². The van der Waals surface area contributed by atoms with E-state index in [9.17, 15) is 4.79 Å². The van der Waals surface area contributed by atoms with Crippen LogP contribution in [0.15, 0.2) is 18.2 Å². The minimum atomic E-state index is -0.0345. The Balaban J connectivity index is 1.98. The highest BCUT2D eigenvalue weighted by Gasteiger charge is 2.21. The SMILES string of the molecule is Cc1ccc(NC2CCN(C(C)C)CC2)c(OCC(=O)N(C)C)c1. The molecule has 0 bridgehead atoms. The number of ether oxygens (including phenoxy) is 1. The molecule has 134 valence electrons. The van der Waals surface area contributed by atoms with Crippen LogP contribution in [-0.4, -0.2) is 61.6 Å². The topological polar surface area (TPSA) is 44.8 Å². The number of anilines is 1. The molecule has 0 radical (unpaired) electrons. The van der Waals surface area contributed by atoms with Gasteiger partial charge in [-0.1, -0.05) is 6.07 Å². The Kier molecular flexibility index (Phi) is 6.49. The van der Waals surface area contributed by atoms with Gasteiger partial charge in [-0.2, -0.15) is 0 Å². The summed E-state index contributed by atoms with van der Waals surface area (Å²) in [6.07, 6.45) is 2.25. The van der Waals surface area contributed by atoms with Gasteiger partial charge in [0.2, 0.25) is 0 Å². The maximum Gasteiger partial charge on any atom is 0.259 e. The molecule has 1 aromatic carbocycles. The minimum Gasteiger partial charge on any atom is -0.482 e. The second-order valence-corrected chi connectivity index (χ2v) is 7.12. The number of aryl methyl sites for hydroxylation is 1. The number of likely N-dealkylation sites (tertiary alicyclic amines) is 1. The predicted molar refractivity (Wildman–Crippen MR) is 98.7 cm³/mol. The van der Waals surface area contributed by atoms with Gasteiger partial charge < -0.3 is 19.9 Å². The molecule has 1 N–H and O–H groups in total. The maximum absolute atomic E-state index is 11.8. The van der Waals surface area contributed by atoms with Crippen LogP contribution in [0.3, 0.4) is 0 Å². The zero-order valence-corrected chi connectivity index (χ0v) is 15.6. The van der Waals surface area contributed by atoms with Crippen molar-refractivity contribution in [1.82, 2.24) is 9.80 Å². The number of benzene rings is 1. The Hall–Kier alpha value is -1.75. The summed E-state index contributed by atoms with van der Waals surface area (Å²) in [5.41, 5.74) is 2.11. The fourth-order valence-corrected chi connectivity index (χ4v) is 2.92. The largest absolute Gasteiger partial charge is 0.482 e. The molecule has 1 amide bonds. The second-order valence-electron chi connectivity index (χ2n) is 7.12. The van der Waals surface area contributed by atoms with E-state index in [1.54, 1.807) is 19.0 Å². The van der Waals surface area contributed by atoms with Gasteiger partial charge in [0.15, 0.2) is 6.61 Å². The van der Waals surface area contributed by atoms with Gasteiger partial charge in [-0.25, -0.2) is 0 Å². The number of nitrogens with one attached hydrogen (secondary N) is 1. The standard InChI is InChI=1S/C19H31N3O2/c1-14(2)22-10-8-16(9-11-22)20-17-7-6-15(3)12-18(17)24-13-19(23)21(4)5/h6-7,12,14,16,20H,8-11,13H2,1-5H3. The van der Waals surface area contributed by atoms with Crippen molar-refractivity contribution in [2.75, 3.05) is 39.1 Å². The van der Waals surface area contributed by atoms with E-state index >= 15 is 0 Å². The lowest BCUT2D eigenvalue weighted by Crippen LogP contribution is -2.42. The van der Waals surface area contributed by atoms with Crippen LogP contribution in [0.4, 0.5) is 5.69 Å². The quantitative estimate of drug-likeness (QED) is 0.869. The molecule has 5 nitrogen and oxygen atoms in total. The molecular formula is C19H31N3O2. The van der Waals surface area contributed by atoms with Crippen molar-refractivity contribution < 1.29 is 9.53 Å². The summed E-state index contributed by atoms with van der Waals surface area (Å²) in [7, 11) is 3.48. The number of nitrogens with zero attached hydrogens (tertiary/aromatic N) is 2. The van der Waals surface area contributed by atoms with Gasteiger partial charge in [0.1, 0.15) is 5.75 Å². The Morgan fingerprint density at radius 1 is 1.33 bits per heavy atom. The zero-order valence-electron chi connectivity index (χ0n) is 15.6. The molecule has 1 heterocycles. The molecule has 0 spiro atoms. The van der Waals surface area contributed by atoms with Crippen molar-refractivity contribution in [3.05, 3.63) is 23.8 Å². The van der Waals surface area contributed by atoms with E-state index in [-0.39, 0.29) is 12.5 Å². The summed E-state index contributed by atoms with van der Waals surface area (Å²) in [6, 6.07) is 7.19. The molecule has 1 fully saturated rings. The van der Waals surface area contributed by atoms with E-state index in [1.807, 2.05) is 13.0 Å². The van der Waals surface area contributed by atoms with Crippen molar-refractivity contribution >= 4 is 11.6 Å². The van der Waals surface area contributed by atoms with Crippen molar-refractivity contribution in [3.63, 3.8) is 0 Å². The summed E-state index contributed by atoms with van der Waals surface area (Å²) >= 11 is 0. The van der Waals surface area contributed by atoms with Gasteiger partial charge in [0.05, 0.1) is 5.69 Å². The van der Waals surface area contributed by atoms with E-state index in [1.165, 1.54) is 0 Å². The normalized spacial score (nSPS) is 16.2. The number of rotatable bonds is 6. The number of hydrogen-bond acceptors (Lipinski definition) is 4. The third-order valence-electron chi connectivity index (χ3n) is 4.61. The van der Waals surface area contributed by atoms with Gasteiger partial charge in [0.25, 0.3) is 5.91 Å². The highest BCUT2D eigenvalue weighted by molar-refractivity contribution is 5.77. The first-order valence-electron chi connectivity index (χ1n) is 8.81. The lowest BCUT2D eigenvalue weighted by atomic mass is 10.0. The molecule has 0 unspecified atom stereocenters. The van der Waals surface area contributed by atoms with Crippen molar-refractivity contribution in [2.45, 2.75) is 45.7 Å². The number of likely N-dealkylation sites (N-methyl/N-ethyl adjacent to an activating group) is 1. The summed E-state index contributed by atoms with van der Waals surface area (Å²) in [4.78, 5) is 15.8. The first-order chi connectivity index (χ1) is 11.4. The molecule has 2 rings (SSSR count). The first-order valence-corrected chi connectivity index (χ1v) is 8.81. The van der Waals surface area contributed by atoms with Crippen LogP contribution in [0.1, 0.15) is 32.3 Å². The summed E-state index contributed by atoms with van der Waals surface area (Å²) in [6.45, 7) is 8.85. The summed E-state index contributed by atoms with van der Waals surface area (Å²) < 4.78 is 5.78. The minimum absolute atomic E-state index is 0.0345. The van der Waals surface area contributed by atoms with Crippen LogP contribution in [0.5, 0.6) is 5.75 Å². The first kappa shape index (κ1) is 18.6. The number of piperidine rings is 1. The van der Waals surface area contributed by atoms with Gasteiger partial charge >= 0.3 is 0 Å². The monoisotopic (exact) mass is 333 g/mol. The highest BCUT2D eigenvalue weighted by atomic mass is 16.5. The van der Waals surface area contributed by atoms with Crippen LogP contribution >= 0.6 is 0 Å². The third-order valence-corrected chi connectivity index (χ3v) is 4.61. The van der Waals surface area contributed by atoms with E-state index in [2.05, 4.69) is 36.2 Å². The number of amides is 1. The van der Waals surface area contributed by atoms with Crippen molar-refractivity contribution in [2.24, 2.45) is 0 Å². The molecule has 0 saturated carbocycles. The van der Waals surface area contributed by atoms with Crippen LogP contribution in [0, 0.1) is 6.92 Å². The van der Waals surface area contributed by atoms with Crippen molar-refractivity contribution in [3.8, 4) is 5.75 Å². The maximum atomic E-state index is 11.8. The molecule has 24 heavy (non-hydrogen) atoms. The number of carbonyl (C=O) groups is 1. The van der Waals surface area contributed by atoms with Crippen LogP contribution in [0.25, 0.3) is 0 Å². The molecular weight excluding hydrogens is 302 g/mol. The summed E-state index contributed by atoms with van der Waals surface area (Å²) in [5, 5.41) is 3.61. The zero-order chi connectivity index (χ0) is 17.7. The van der Waals surface area contributed by atoms with Gasteiger partial charge in [-0.05, 0) is 51.3 Å². The average molecular weight is 333 g/mol. The van der Waals surface area contributed by atoms with E-state index in [4.69, 9.17) is 4.74 Å². The molecule has 0 atom stereocenters. The Labute approximate surface area is 146 Å². The van der Waals surface area contributed by atoms with E-state index in [0.717, 1.165) is 42.9 Å². The Bertz CT molecular complexity index is 550. The molecule has 1 aliphatic heterocycles. The Morgan fingerprint density at radius 3 is 2.58 bits per heavy atom. The van der Waals surface area contributed by atoms with E-state index in [0.29, 0.717) is 12.1 Å². The second kappa shape index (κ2) is 8.38. The smallest absolute Gasteiger partial charge is 0.259 e. The lowest BCUT2D eigenvalue weighted by Gasteiger charge is -2.35. The highest BCUT2D eigenvalue weighted by Crippen LogP contribution is 2.28. The van der Waals surface area contributed by atoms with Gasteiger partial charge in [0, 0.05) is 39.3 Å². The van der Waals surface area contributed by atoms with Gasteiger partial charge in [-0.15, -0.1) is 0 Å².